The zero-order chi connectivity index (χ0) is 16.3. The van der Waals surface area contributed by atoms with E-state index in [1.165, 1.54) is 30.6 Å². The third-order valence-corrected chi connectivity index (χ3v) is 4.35. The first-order valence-corrected chi connectivity index (χ1v) is 7.47. The Kier molecular flexibility index (Phi) is 4.95. The van der Waals surface area contributed by atoms with Crippen molar-refractivity contribution in [3.05, 3.63) is 50.7 Å². The fraction of sp³-hybridized carbons (Fsp3) is 0.250. The predicted molar refractivity (Wildman–Crippen MR) is 85.9 cm³/mol. The van der Waals surface area contributed by atoms with E-state index in [0.717, 1.165) is 10.4 Å². The molecule has 0 aliphatic heterocycles. The Bertz CT molecular complexity index is 701. The number of hydrogen-bond donors (Lipinski definition) is 2. The topological polar surface area (TPSA) is 75.6 Å². The van der Waals surface area contributed by atoms with Crippen LogP contribution >= 0.6 is 11.3 Å². The van der Waals surface area contributed by atoms with Gasteiger partial charge >= 0.3 is 5.97 Å². The first kappa shape index (κ1) is 16.2. The first-order valence-electron chi connectivity index (χ1n) is 6.65. The molecule has 0 aliphatic rings. The molecule has 1 aromatic carbocycles. The normalized spacial score (nSPS) is 10.5. The van der Waals surface area contributed by atoms with Crippen LogP contribution in [0, 0.1) is 13.8 Å². The molecule has 0 radical (unpaired) electrons. The number of amides is 1. The molecule has 2 N–H and O–H groups in total. The quantitative estimate of drug-likeness (QED) is 0.885. The third-order valence-electron chi connectivity index (χ3n) is 3.20. The Labute approximate surface area is 132 Å². The molecule has 0 bridgehead atoms. The molecular formula is C16H17NO4S. The van der Waals surface area contributed by atoms with Gasteiger partial charge in [0.2, 0.25) is 0 Å². The lowest BCUT2D eigenvalue weighted by Gasteiger charge is -2.08. The van der Waals surface area contributed by atoms with Crippen LogP contribution in [0.5, 0.6) is 0 Å². The average Bonchev–Trinajstić information content (AvgIpc) is 2.79. The zero-order valence-corrected chi connectivity index (χ0v) is 13.4. The van der Waals surface area contributed by atoms with E-state index in [2.05, 4.69) is 5.32 Å². The van der Waals surface area contributed by atoms with Crippen LogP contribution < -0.4 is 5.32 Å². The minimum absolute atomic E-state index is 0.114. The summed E-state index contributed by atoms with van der Waals surface area (Å²) >= 11 is 1.41. The summed E-state index contributed by atoms with van der Waals surface area (Å²) in [6.45, 7) is 4.18. The van der Waals surface area contributed by atoms with E-state index in [9.17, 15) is 9.59 Å². The summed E-state index contributed by atoms with van der Waals surface area (Å²) < 4.78 is 5.02. The Hall–Kier alpha value is -2.18. The summed E-state index contributed by atoms with van der Waals surface area (Å²) in [6, 6.07) is 6.50. The Morgan fingerprint density at radius 1 is 1.23 bits per heavy atom. The second-order valence-corrected chi connectivity index (χ2v) is 6.22. The predicted octanol–water partition coefficient (Wildman–Crippen LogP) is 3.46. The summed E-state index contributed by atoms with van der Waals surface area (Å²) in [5.74, 6) is -1.29. The van der Waals surface area contributed by atoms with E-state index in [1.54, 1.807) is 6.07 Å². The Morgan fingerprint density at radius 3 is 2.50 bits per heavy atom. The van der Waals surface area contributed by atoms with Gasteiger partial charge in [-0.2, -0.15) is 0 Å². The molecule has 5 nitrogen and oxygen atoms in total. The van der Waals surface area contributed by atoms with Gasteiger partial charge in [-0.05, 0) is 49.2 Å². The van der Waals surface area contributed by atoms with Crippen LogP contribution in [0.15, 0.2) is 24.3 Å². The van der Waals surface area contributed by atoms with Gasteiger partial charge in [-0.1, -0.05) is 0 Å². The molecule has 0 saturated heterocycles. The van der Waals surface area contributed by atoms with Crippen LogP contribution in [-0.4, -0.2) is 24.1 Å². The molecule has 116 valence electrons. The van der Waals surface area contributed by atoms with Crippen molar-refractivity contribution in [1.29, 1.82) is 0 Å². The van der Waals surface area contributed by atoms with Gasteiger partial charge in [0.15, 0.2) is 0 Å². The second kappa shape index (κ2) is 6.72. The van der Waals surface area contributed by atoms with Gasteiger partial charge < -0.3 is 15.2 Å². The number of thiophene rings is 1. The Morgan fingerprint density at radius 2 is 1.95 bits per heavy atom. The van der Waals surface area contributed by atoms with Gasteiger partial charge in [0.05, 0.1) is 17.0 Å². The van der Waals surface area contributed by atoms with E-state index < -0.39 is 5.97 Å². The monoisotopic (exact) mass is 319 g/mol. The van der Waals surface area contributed by atoms with Crippen molar-refractivity contribution in [3.63, 3.8) is 0 Å². The molecule has 1 amide bonds. The van der Waals surface area contributed by atoms with E-state index >= 15 is 0 Å². The van der Waals surface area contributed by atoms with E-state index in [1.807, 2.05) is 19.9 Å². The number of rotatable bonds is 5. The second-order valence-electron chi connectivity index (χ2n) is 4.96. The van der Waals surface area contributed by atoms with Gasteiger partial charge in [0.25, 0.3) is 5.91 Å². The highest BCUT2D eigenvalue weighted by Gasteiger charge is 2.13. The number of carbonyl (C=O) groups excluding carboxylic acids is 1. The molecule has 0 spiro atoms. The maximum absolute atomic E-state index is 12.3. The van der Waals surface area contributed by atoms with Gasteiger partial charge in [-0.15, -0.1) is 11.3 Å². The fourth-order valence-corrected chi connectivity index (χ4v) is 2.94. The number of aromatic carboxylic acids is 1. The number of ether oxygens (including phenoxy) is 1. The minimum atomic E-state index is -1.05. The van der Waals surface area contributed by atoms with Crippen molar-refractivity contribution in [2.75, 3.05) is 12.4 Å². The molecule has 0 aliphatic carbocycles. The van der Waals surface area contributed by atoms with Crippen molar-refractivity contribution >= 4 is 28.9 Å². The summed E-state index contributed by atoms with van der Waals surface area (Å²) in [7, 11) is 1.53. The highest BCUT2D eigenvalue weighted by molar-refractivity contribution is 7.14. The Balaban J connectivity index is 2.27. The molecule has 1 aromatic heterocycles. The number of hydrogen-bond acceptors (Lipinski definition) is 4. The van der Waals surface area contributed by atoms with Crippen LogP contribution in [-0.2, 0) is 11.3 Å². The van der Waals surface area contributed by atoms with Crippen molar-refractivity contribution in [1.82, 2.24) is 0 Å². The van der Waals surface area contributed by atoms with Crippen molar-refractivity contribution in [2.45, 2.75) is 20.5 Å². The zero-order valence-electron chi connectivity index (χ0n) is 12.6. The average molecular weight is 319 g/mol. The van der Waals surface area contributed by atoms with Crippen molar-refractivity contribution in [2.24, 2.45) is 0 Å². The summed E-state index contributed by atoms with van der Waals surface area (Å²) in [5, 5.41) is 11.9. The number of anilines is 1. The van der Waals surface area contributed by atoms with Crippen LogP contribution in [0.2, 0.25) is 0 Å². The standard InChI is InChI=1S/C16H17NO4S/c1-9-4-14(22-10(9)2)15(18)17-13-6-11(8-21-3)5-12(7-13)16(19)20/h4-7H,8H2,1-3H3,(H,17,18)(H,19,20). The maximum atomic E-state index is 12.3. The lowest BCUT2D eigenvalue weighted by molar-refractivity contribution is 0.0696. The number of benzene rings is 1. The molecular weight excluding hydrogens is 302 g/mol. The van der Waals surface area contributed by atoms with Crippen molar-refractivity contribution < 1.29 is 19.4 Å². The van der Waals surface area contributed by atoms with E-state index in [-0.39, 0.29) is 18.1 Å². The lowest BCUT2D eigenvalue weighted by Crippen LogP contribution is -2.11. The van der Waals surface area contributed by atoms with Crippen molar-refractivity contribution in [3.8, 4) is 0 Å². The molecule has 0 atom stereocenters. The molecule has 1 heterocycles. The molecule has 2 aromatic rings. The van der Waals surface area contributed by atoms with Gasteiger partial charge in [-0.3, -0.25) is 4.79 Å². The summed E-state index contributed by atoms with van der Waals surface area (Å²) in [4.78, 5) is 25.1. The molecule has 0 unspecified atom stereocenters. The molecule has 22 heavy (non-hydrogen) atoms. The molecule has 0 saturated carbocycles. The number of carboxylic acids is 1. The van der Waals surface area contributed by atoms with Crippen LogP contribution in [0.3, 0.4) is 0 Å². The van der Waals surface area contributed by atoms with Crippen LogP contribution in [0.25, 0.3) is 0 Å². The van der Waals surface area contributed by atoms with Crippen LogP contribution in [0.1, 0.15) is 36.0 Å². The van der Waals surface area contributed by atoms with Crippen LogP contribution in [0.4, 0.5) is 5.69 Å². The molecule has 0 fully saturated rings. The fourth-order valence-electron chi connectivity index (χ4n) is 2.02. The number of methoxy groups -OCH3 is 1. The largest absolute Gasteiger partial charge is 0.478 e. The maximum Gasteiger partial charge on any atom is 0.335 e. The number of carbonyl (C=O) groups is 2. The van der Waals surface area contributed by atoms with E-state index in [0.29, 0.717) is 16.1 Å². The number of carboxylic acid groups (broad SMARTS) is 1. The van der Waals surface area contributed by atoms with Gasteiger partial charge in [-0.25, -0.2) is 4.79 Å². The molecule has 6 heteroatoms. The molecule has 2 rings (SSSR count). The number of nitrogens with one attached hydrogen (secondary N) is 1. The minimum Gasteiger partial charge on any atom is -0.478 e. The smallest absolute Gasteiger partial charge is 0.335 e. The summed E-state index contributed by atoms with van der Waals surface area (Å²) in [5.41, 5.74) is 2.31. The highest BCUT2D eigenvalue weighted by Crippen LogP contribution is 2.23. The summed E-state index contributed by atoms with van der Waals surface area (Å²) in [6.07, 6.45) is 0. The van der Waals surface area contributed by atoms with Gasteiger partial charge in [0, 0.05) is 17.7 Å². The van der Waals surface area contributed by atoms with Gasteiger partial charge in [0.1, 0.15) is 0 Å². The SMILES string of the molecule is COCc1cc(NC(=O)c2cc(C)c(C)s2)cc(C(=O)O)c1. The third kappa shape index (κ3) is 3.72. The van der Waals surface area contributed by atoms with E-state index in [4.69, 9.17) is 9.84 Å². The number of aryl methyl sites for hydroxylation is 2. The first-order chi connectivity index (χ1) is 10.4. The highest BCUT2D eigenvalue weighted by atomic mass is 32.1. The lowest BCUT2D eigenvalue weighted by atomic mass is 10.1.